The van der Waals surface area contributed by atoms with E-state index in [1.165, 1.54) is 11.1 Å². The van der Waals surface area contributed by atoms with Gasteiger partial charge in [-0.25, -0.2) is 0 Å². The maximum atomic E-state index is 6.59. The summed E-state index contributed by atoms with van der Waals surface area (Å²) in [6.07, 6.45) is 4.59. The summed E-state index contributed by atoms with van der Waals surface area (Å²) in [5, 5.41) is 2.02. The molecule has 0 aliphatic rings. The molecule has 2 rings (SSSR count). The smallest absolute Gasteiger partial charge is 0.0833 e. The number of ether oxygens (including phenoxy) is 1. The van der Waals surface area contributed by atoms with Crippen LogP contribution in [0.15, 0.2) is 60.7 Å². The molecule has 2 atom stereocenters. The minimum atomic E-state index is 0.147. The fourth-order valence-electron chi connectivity index (χ4n) is 2.69. The lowest BCUT2D eigenvalue weighted by Crippen LogP contribution is -2.11. The van der Waals surface area contributed by atoms with Crippen LogP contribution < -0.4 is 0 Å². The van der Waals surface area contributed by atoms with Gasteiger partial charge in [-0.2, -0.15) is 0 Å². The summed E-state index contributed by atoms with van der Waals surface area (Å²) in [6.45, 7) is 0. The summed E-state index contributed by atoms with van der Waals surface area (Å²) < 4.78 is 6.59. The van der Waals surface area contributed by atoms with Crippen LogP contribution in [0.3, 0.4) is 0 Å². The predicted molar refractivity (Wildman–Crippen MR) is 106 cm³/mol. The van der Waals surface area contributed by atoms with E-state index in [2.05, 4.69) is 92.5 Å². The molecule has 3 heteroatoms. The second kappa shape index (κ2) is 11.0. The zero-order valence-corrected chi connectivity index (χ0v) is 16.5. The number of halogens is 2. The highest BCUT2D eigenvalue weighted by molar-refractivity contribution is 9.09. The van der Waals surface area contributed by atoms with E-state index >= 15 is 0 Å². The zero-order valence-electron chi connectivity index (χ0n) is 13.3. The Labute approximate surface area is 156 Å². The second-order valence-electron chi connectivity index (χ2n) is 5.60. The van der Waals surface area contributed by atoms with Gasteiger partial charge in [-0.15, -0.1) is 0 Å². The fraction of sp³-hybridized carbons (Fsp3) is 0.400. The van der Waals surface area contributed by atoms with Crippen molar-refractivity contribution < 1.29 is 4.74 Å². The Morgan fingerprint density at radius 2 is 1.04 bits per heavy atom. The van der Waals surface area contributed by atoms with Crippen LogP contribution in [0.25, 0.3) is 0 Å². The molecule has 2 aromatic carbocycles. The molecule has 2 unspecified atom stereocenters. The first-order valence-electron chi connectivity index (χ1n) is 8.22. The molecule has 124 valence electrons. The number of hydrogen-bond acceptors (Lipinski definition) is 1. The summed E-state index contributed by atoms with van der Waals surface area (Å²) in [7, 11) is 0. The molecule has 0 saturated carbocycles. The minimum Gasteiger partial charge on any atom is -0.366 e. The fourth-order valence-corrected chi connectivity index (χ4v) is 3.33. The van der Waals surface area contributed by atoms with Crippen LogP contribution in [0.4, 0.5) is 0 Å². The third-order valence-electron chi connectivity index (χ3n) is 3.87. The molecule has 0 radical (unpaired) electrons. The van der Waals surface area contributed by atoms with Crippen molar-refractivity contribution in [2.45, 2.75) is 37.9 Å². The van der Waals surface area contributed by atoms with Crippen LogP contribution in [-0.2, 0) is 4.74 Å². The first kappa shape index (κ1) is 18.7. The van der Waals surface area contributed by atoms with Crippen molar-refractivity contribution in [1.82, 2.24) is 0 Å². The van der Waals surface area contributed by atoms with Crippen molar-refractivity contribution in [3.8, 4) is 0 Å². The van der Waals surface area contributed by atoms with Gasteiger partial charge in [0.2, 0.25) is 0 Å². The molecule has 0 aliphatic heterocycles. The average molecular weight is 440 g/mol. The van der Waals surface area contributed by atoms with Gasteiger partial charge in [-0.3, -0.25) is 0 Å². The van der Waals surface area contributed by atoms with Crippen molar-refractivity contribution in [2.75, 3.05) is 10.7 Å². The van der Waals surface area contributed by atoms with Gasteiger partial charge in [0.25, 0.3) is 0 Å². The van der Waals surface area contributed by atoms with Crippen molar-refractivity contribution in [2.24, 2.45) is 0 Å². The van der Waals surface area contributed by atoms with Crippen LogP contribution >= 0.6 is 31.9 Å². The van der Waals surface area contributed by atoms with Gasteiger partial charge in [-0.05, 0) is 36.8 Å². The normalized spacial score (nSPS) is 13.7. The van der Waals surface area contributed by atoms with E-state index in [1.54, 1.807) is 0 Å². The van der Waals surface area contributed by atoms with Gasteiger partial charge in [-0.1, -0.05) is 92.5 Å². The van der Waals surface area contributed by atoms with E-state index in [1.807, 2.05) is 0 Å². The quantitative estimate of drug-likeness (QED) is 0.368. The predicted octanol–water partition coefficient (Wildman–Crippen LogP) is 6.84. The Bertz CT molecular complexity index is 480. The van der Waals surface area contributed by atoms with Gasteiger partial charge in [0.15, 0.2) is 0 Å². The first-order chi connectivity index (χ1) is 11.3. The van der Waals surface area contributed by atoms with Gasteiger partial charge < -0.3 is 4.74 Å². The van der Waals surface area contributed by atoms with Crippen LogP contribution in [0, 0.1) is 0 Å². The van der Waals surface area contributed by atoms with Gasteiger partial charge in [0.05, 0.1) is 12.2 Å². The van der Waals surface area contributed by atoms with Gasteiger partial charge >= 0.3 is 0 Å². The lowest BCUT2D eigenvalue weighted by atomic mass is 10.0. The summed E-state index contributed by atoms with van der Waals surface area (Å²) >= 11 is 7.08. The Morgan fingerprint density at radius 3 is 1.39 bits per heavy atom. The molecule has 0 spiro atoms. The van der Waals surface area contributed by atoms with Gasteiger partial charge in [0.1, 0.15) is 0 Å². The highest BCUT2D eigenvalue weighted by atomic mass is 79.9. The lowest BCUT2D eigenvalue weighted by Gasteiger charge is -2.26. The lowest BCUT2D eigenvalue weighted by molar-refractivity contribution is -0.0243. The molecule has 0 bridgehead atoms. The molecule has 0 aromatic heterocycles. The van der Waals surface area contributed by atoms with E-state index in [9.17, 15) is 0 Å². The third-order valence-corrected chi connectivity index (χ3v) is 4.99. The second-order valence-corrected chi connectivity index (χ2v) is 7.18. The highest BCUT2D eigenvalue weighted by Crippen LogP contribution is 2.33. The van der Waals surface area contributed by atoms with E-state index in [0.717, 1.165) is 36.3 Å². The standard InChI is InChI=1S/C20H24Br2O/c21-15-7-13-19(17-9-3-1-4-10-17)23-20(14-8-16-22)18-11-5-2-6-12-18/h1-6,9-12,19-20H,7-8,13-16H2. The number of benzene rings is 2. The van der Waals surface area contributed by atoms with Crippen molar-refractivity contribution in [3.05, 3.63) is 71.8 Å². The highest BCUT2D eigenvalue weighted by Gasteiger charge is 2.19. The SMILES string of the molecule is BrCCCC(OC(CCCBr)c1ccccc1)c1ccccc1. The monoisotopic (exact) mass is 438 g/mol. The molecule has 0 aliphatic carbocycles. The van der Waals surface area contributed by atoms with Crippen molar-refractivity contribution in [1.29, 1.82) is 0 Å². The van der Waals surface area contributed by atoms with Crippen LogP contribution in [0.5, 0.6) is 0 Å². The molecular weight excluding hydrogens is 416 g/mol. The molecule has 2 aromatic rings. The molecule has 0 heterocycles. The molecule has 0 N–H and O–H groups in total. The summed E-state index contributed by atoms with van der Waals surface area (Å²) in [6, 6.07) is 21.2. The average Bonchev–Trinajstić information content (AvgIpc) is 2.62. The van der Waals surface area contributed by atoms with Crippen LogP contribution in [-0.4, -0.2) is 10.7 Å². The number of alkyl halides is 2. The molecule has 1 nitrogen and oxygen atoms in total. The summed E-state index contributed by atoms with van der Waals surface area (Å²) in [5.74, 6) is 0. The third kappa shape index (κ3) is 6.40. The Morgan fingerprint density at radius 1 is 0.652 bits per heavy atom. The number of rotatable bonds is 10. The van der Waals surface area contributed by atoms with E-state index < -0.39 is 0 Å². The van der Waals surface area contributed by atoms with Crippen LogP contribution in [0.2, 0.25) is 0 Å². The molecule has 0 amide bonds. The van der Waals surface area contributed by atoms with Crippen LogP contribution in [0.1, 0.15) is 49.0 Å². The Kier molecular flexibility index (Phi) is 8.95. The van der Waals surface area contributed by atoms with E-state index in [0.29, 0.717) is 0 Å². The molecule has 0 saturated heterocycles. The Balaban J connectivity index is 2.15. The summed E-state index contributed by atoms with van der Waals surface area (Å²) in [5.41, 5.74) is 2.54. The summed E-state index contributed by atoms with van der Waals surface area (Å²) in [4.78, 5) is 0. The first-order valence-corrected chi connectivity index (χ1v) is 10.5. The van der Waals surface area contributed by atoms with Crippen molar-refractivity contribution >= 4 is 31.9 Å². The largest absolute Gasteiger partial charge is 0.366 e. The molecule has 23 heavy (non-hydrogen) atoms. The maximum absolute atomic E-state index is 6.59. The molecule has 0 fully saturated rings. The number of hydrogen-bond donors (Lipinski definition) is 0. The maximum Gasteiger partial charge on any atom is 0.0833 e. The van der Waals surface area contributed by atoms with E-state index in [4.69, 9.17) is 4.74 Å². The van der Waals surface area contributed by atoms with Gasteiger partial charge in [0, 0.05) is 10.7 Å². The topological polar surface area (TPSA) is 9.23 Å². The minimum absolute atomic E-state index is 0.147. The van der Waals surface area contributed by atoms with Crippen molar-refractivity contribution in [3.63, 3.8) is 0 Å². The van der Waals surface area contributed by atoms with E-state index in [-0.39, 0.29) is 12.2 Å². The zero-order chi connectivity index (χ0) is 16.3. The molecular formula is C20H24Br2O. The Hall–Kier alpha value is -0.640.